The molecule has 6 heteroatoms. The van der Waals surface area contributed by atoms with Gasteiger partial charge in [-0.05, 0) is 47.5 Å². The van der Waals surface area contributed by atoms with Gasteiger partial charge in [0.25, 0.3) is 0 Å². The molecule has 4 rings (SSSR count). The summed E-state index contributed by atoms with van der Waals surface area (Å²) < 4.78 is 13.6. The third-order valence-electron chi connectivity index (χ3n) is 4.82. The monoisotopic (exact) mass is 400 g/mol. The number of pyridine rings is 1. The number of nitrogens with one attached hydrogen (secondary N) is 1. The molecule has 0 atom stereocenters. The Labute approximate surface area is 176 Å². The molecule has 0 bridgehead atoms. The number of hydrogen-bond acceptors (Lipinski definition) is 5. The van der Waals surface area contributed by atoms with Crippen LogP contribution in [-0.4, -0.2) is 28.3 Å². The van der Waals surface area contributed by atoms with Crippen LogP contribution in [0.2, 0.25) is 0 Å². The molecule has 2 heterocycles. The lowest BCUT2D eigenvalue weighted by molar-refractivity contribution is 0.299. The molecular weight excluding hydrogens is 376 g/mol. The van der Waals surface area contributed by atoms with Crippen LogP contribution < -0.4 is 14.8 Å². The van der Waals surface area contributed by atoms with Crippen molar-refractivity contribution >= 4 is 5.69 Å². The third kappa shape index (κ3) is 4.78. The van der Waals surface area contributed by atoms with E-state index >= 15 is 0 Å². The van der Waals surface area contributed by atoms with Crippen LogP contribution in [0.1, 0.15) is 5.56 Å². The third-order valence-corrected chi connectivity index (χ3v) is 4.82. The molecule has 0 unspecified atom stereocenters. The van der Waals surface area contributed by atoms with Crippen molar-refractivity contribution in [1.82, 2.24) is 14.5 Å². The van der Waals surface area contributed by atoms with Gasteiger partial charge in [0, 0.05) is 36.9 Å². The summed E-state index contributed by atoms with van der Waals surface area (Å²) in [4.78, 5) is 8.15. The number of ether oxygens (including phenoxy) is 2. The lowest BCUT2D eigenvalue weighted by Crippen LogP contribution is -2.09. The molecule has 4 aromatic rings. The molecule has 6 nitrogen and oxygen atoms in total. The van der Waals surface area contributed by atoms with E-state index in [1.54, 1.807) is 32.0 Å². The first-order chi connectivity index (χ1) is 14.8. The van der Waals surface area contributed by atoms with E-state index in [4.69, 9.17) is 9.47 Å². The van der Waals surface area contributed by atoms with Crippen LogP contribution in [0.3, 0.4) is 0 Å². The van der Waals surface area contributed by atoms with Crippen molar-refractivity contribution in [2.45, 2.75) is 13.1 Å². The maximum atomic E-state index is 6.00. The van der Waals surface area contributed by atoms with Gasteiger partial charge in [-0.3, -0.25) is 4.98 Å². The van der Waals surface area contributed by atoms with Gasteiger partial charge in [0.15, 0.2) is 0 Å². The highest BCUT2D eigenvalue weighted by atomic mass is 16.5. The van der Waals surface area contributed by atoms with Crippen molar-refractivity contribution in [2.24, 2.45) is 0 Å². The van der Waals surface area contributed by atoms with Gasteiger partial charge in [-0.2, -0.15) is 0 Å². The average Bonchev–Trinajstić information content (AvgIpc) is 3.32. The highest BCUT2D eigenvalue weighted by molar-refractivity contribution is 5.66. The van der Waals surface area contributed by atoms with Crippen LogP contribution in [0.5, 0.6) is 11.5 Å². The molecule has 0 spiro atoms. The molecular formula is C24H24N4O2. The number of anilines is 1. The van der Waals surface area contributed by atoms with Crippen molar-refractivity contribution in [1.29, 1.82) is 0 Å². The first-order valence-electron chi connectivity index (χ1n) is 9.82. The van der Waals surface area contributed by atoms with Gasteiger partial charge in [0.1, 0.15) is 18.1 Å². The van der Waals surface area contributed by atoms with Crippen LogP contribution in [-0.2, 0) is 13.1 Å². The number of nitrogens with zero attached hydrogens (tertiary/aromatic N) is 3. The SMILES string of the molecule is COc1ccc(-c2ccncc2)cc1CNc1ccccc1OCCn1ccnc1. The second-order valence-electron chi connectivity index (χ2n) is 6.76. The molecule has 0 aliphatic heterocycles. The summed E-state index contributed by atoms with van der Waals surface area (Å²) in [6.07, 6.45) is 9.08. The lowest BCUT2D eigenvalue weighted by atomic mass is 10.0. The van der Waals surface area contributed by atoms with Crippen LogP contribution in [0, 0.1) is 0 Å². The van der Waals surface area contributed by atoms with Crippen LogP contribution >= 0.6 is 0 Å². The fraction of sp³-hybridized carbons (Fsp3) is 0.167. The minimum Gasteiger partial charge on any atom is -0.496 e. The van der Waals surface area contributed by atoms with Gasteiger partial charge in [0.2, 0.25) is 0 Å². The normalized spacial score (nSPS) is 10.6. The Kier molecular flexibility index (Phi) is 6.25. The van der Waals surface area contributed by atoms with Gasteiger partial charge in [-0.15, -0.1) is 0 Å². The van der Waals surface area contributed by atoms with Crippen molar-refractivity contribution in [3.05, 3.63) is 91.3 Å². The summed E-state index contributed by atoms with van der Waals surface area (Å²) in [7, 11) is 1.69. The second kappa shape index (κ2) is 9.60. The molecule has 30 heavy (non-hydrogen) atoms. The van der Waals surface area contributed by atoms with Crippen molar-refractivity contribution in [2.75, 3.05) is 19.0 Å². The number of aromatic nitrogens is 3. The zero-order chi connectivity index (χ0) is 20.6. The van der Waals surface area contributed by atoms with Crippen LogP contribution in [0.4, 0.5) is 5.69 Å². The Hall–Kier alpha value is -3.80. The maximum absolute atomic E-state index is 6.00. The number of rotatable bonds is 9. The molecule has 0 amide bonds. The van der Waals surface area contributed by atoms with E-state index < -0.39 is 0 Å². The Balaban J connectivity index is 1.46. The highest BCUT2D eigenvalue weighted by Gasteiger charge is 2.08. The topological polar surface area (TPSA) is 61.2 Å². The molecule has 0 aliphatic rings. The molecule has 0 saturated carbocycles. The number of para-hydroxylation sites is 2. The predicted molar refractivity (Wildman–Crippen MR) is 118 cm³/mol. The minimum absolute atomic E-state index is 0.565. The van der Waals surface area contributed by atoms with Gasteiger partial charge in [-0.25, -0.2) is 4.98 Å². The summed E-state index contributed by atoms with van der Waals surface area (Å²) in [5.74, 6) is 1.67. The van der Waals surface area contributed by atoms with E-state index in [0.717, 1.165) is 40.4 Å². The maximum Gasteiger partial charge on any atom is 0.142 e. The smallest absolute Gasteiger partial charge is 0.142 e. The summed E-state index contributed by atoms with van der Waals surface area (Å²) in [5, 5.41) is 3.49. The van der Waals surface area contributed by atoms with Crippen molar-refractivity contribution in [3.63, 3.8) is 0 Å². The Morgan fingerprint density at radius 1 is 0.900 bits per heavy atom. The number of imidazole rings is 1. The van der Waals surface area contributed by atoms with E-state index in [9.17, 15) is 0 Å². The van der Waals surface area contributed by atoms with Gasteiger partial charge >= 0.3 is 0 Å². The van der Waals surface area contributed by atoms with Crippen LogP contribution in [0.15, 0.2) is 85.7 Å². The molecule has 0 fully saturated rings. The zero-order valence-corrected chi connectivity index (χ0v) is 16.9. The van der Waals surface area contributed by atoms with E-state index in [1.165, 1.54) is 0 Å². The van der Waals surface area contributed by atoms with Crippen molar-refractivity contribution < 1.29 is 9.47 Å². The molecule has 0 aliphatic carbocycles. The number of methoxy groups -OCH3 is 1. The summed E-state index contributed by atoms with van der Waals surface area (Å²) in [6, 6.07) is 18.2. The molecule has 2 aromatic carbocycles. The van der Waals surface area contributed by atoms with Crippen LogP contribution in [0.25, 0.3) is 11.1 Å². The standard InChI is InChI=1S/C24H24N4O2/c1-29-23-7-6-20(19-8-10-25-11-9-19)16-21(23)17-27-22-4-2-3-5-24(22)30-15-14-28-13-12-26-18-28/h2-13,16,18,27H,14-15,17H2,1H3. The van der Waals surface area contributed by atoms with Gasteiger partial charge in [0.05, 0.1) is 25.7 Å². The Bertz CT molecular complexity index is 1070. The van der Waals surface area contributed by atoms with Gasteiger partial charge in [-0.1, -0.05) is 18.2 Å². The largest absolute Gasteiger partial charge is 0.496 e. The quantitative estimate of drug-likeness (QED) is 0.443. The van der Waals surface area contributed by atoms with Crippen molar-refractivity contribution in [3.8, 4) is 22.6 Å². The van der Waals surface area contributed by atoms with E-state index in [-0.39, 0.29) is 0 Å². The first-order valence-corrected chi connectivity index (χ1v) is 9.82. The lowest BCUT2D eigenvalue weighted by Gasteiger charge is -2.16. The van der Waals surface area contributed by atoms with E-state index in [1.807, 2.05) is 53.2 Å². The minimum atomic E-state index is 0.565. The Morgan fingerprint density at radius 3 is 2.57 bits per heavy atom. The average molecular weight is 400 g/mol. The molecule has 2 aromatic heterocycles. The van der Waals surface area contributed by atoms with E-state index in [2.05, 4.69) is 27.4 Å². The number of hydrogen-bond donors (Lipinski definition) is 1. The number of benzene rings is 2. The predicted octanol–water partition coefficient (Wildman–Crippen LogP) is 4.64. The fourth-order valence-electron chi connectivity index (χ4n) is 3.25. The highest BCUT2D eigenvalue weighted by Crippen LogP contribution is 2.29. The first kappa shape index (κ1) is 19.5. The molecule has 0 saturated heterocycles. The summed E-state index contributed by atoms with van der Waals surface area (Å²) in [5.41, 5.74) is 4.26. The summed E-state index contributed by atoms with van der Waals surface area (Å²) >= 11 is 0. The molecule has 0 radical (unpaired) electrons. The zero-order valence-electron chi connectivity index (χ0n) is 16.9. The molecule has 152 valence electrons. The van der Waals surface area contributed by atoms with Gasteiger partial charge < -0.3 is 19.4 Å². The second-order valence-corrected chi connectivity index (χ2v) is 6.76. The van der Waals surface area contributed by atoms with E-state index in [0.29, 0.717) is 13.2 Å². The fourth-order valence-corrected chi connectivity index (χ4v) is 3.25. The Morgan fingerprint density at radius 2 is 1.77 bits per heavy atom. The molecule has 1 N–H and O–H groups in total. The summed E-state index contributed by atoms with van der Waals surface area (Å²) in [6.45, 7) is 1.93.